The molecule has 0 spiro atoms. The SMILES string of the molecule is Cn1cc(-c2nnn3c2CO[C@H](CNCc2ccsc2)C3)cn1. The van der Waals surface area contributed by atoms with E-state index in [0.717, 1.165) is 36.6 Å². The van der Waals surface area contributed by atoms with E-state index < -0.39 is 0 Å². The molecular formula is C15H18N6OS. The van der Waals surface area contributed by atoms with Gasteiger partial charge in [-0.1, -0.05) is 5.21 Å². The third-order valence-corrected chi connectivity index (χ3v) is 4.66. The van der Waals surface area contributed by atoms with Crippen LogP contribution in [0.15, 0.2) is 29.2 Å². The number of aromatic nitrogens is 5. The molecule has 1 atom stereocenters. The minimum Gasteiger partial charge on any atom is -0.369 e. The number of nitrogens with zero attached hydrogens (tertiary/aromatic N) is 5. The Balaban J connectivity index is 1.39. The molecule has 0 aliphatic carbocycles. The number of hydrogen-bond donors (Lipinski definition) is 1. The van der Waals surface area contributed by atoms with Crippen molar-refractivity contribution in [1.82, 2.24) is 30.1 Å². The van der Waals surface area contributed by atoms with Crippen LogP contribution in [-0.2, 0) is 31.5 Å². The molecule has 0 bridgehead atoms. The van der Waals surface area contributed by atoms with Gasteiger partial charge in [0.1, 0.15) is 5.69 Å². The van der Waals surface area contributed by atoms with Gasteiger partial charge in [-0.25, -0.2) is 4.68 Å². The molecule has 0 saturated carbocycles. The molecule has 1 aliphatic rings. The molecule has 4 heterocycles. The summed E-state index contributed by atoms with van der Waals surface area (Å²) in [6.45, 7) is 2.92. The number of fused-ring (bicyclic) bond motifs is 1. The monoisotopic (exact) mass is 330 g/mol. The average molecular weight is 330 g/mol. The zero-order valence-corrected chi connectivity index (χ0v) is 13.7. The van der Waals surface area contributed by atoms with E-state index in [1.807, 2.05) is 17.9 Å². The topological polar surface area (TPSA) is 69.8 Å². The Bertz CT molecular complexity index is 778. The van der Waals surface area contributed by atoms with Gasteiger partial charge in [-0.05, 0) is 22.4 Å². The van der Waals surface area contributed by atoms with Gasteiger partial charge in [0.25, 0.3) is 0 Å². The highest BCUT2D eigenvalue weighted by Gasteiger charge is 2.24. The summed E-state index contributed by atoms with van der Waals surface area (Å²) in [5.74, 6) is 0. The van der Waals surface area contributed by atoms with Gasteiger partial charge in [-0.15, -0.1) is 5.10 Å². The normalized spacial score (nSPS) is 17.3. The maximum atomic E-state index is 5.96. The van der Waals surface area contributed by atoms with Crippen molar-refractivity contribution in [2.75, 3.05) is 6.54 Å². The van der Waals surface area contributed by atoms with Crippen LogP contribution in [0.2, 0.25) is 0 Å². The summed E-state index contributed by atoms with van der Waals surface area (Å²) in [5, 5.41) is 20.4. The van der Waals surface area contributed by atoms with Crippen molar-refractivity contribution < 1.29 is 4.74 Å². The summed E-state index contributed by atoms with van der Waals surface area (Å²) in [6.07, 6.45) is 3.86. The average Bonchev–Trinajstić information content (AvgIpc) is 3.27. The van der Waals surface area contributed by atoms with Crippen molar-refractivity contribution >= 4 is 11.3 Å². The molecule has 1 aliphatic heterocycles. The van der Waals surface area contributed by atoms with Crippen molar-refractivity contribution in [1.29, 1.82) is 0 Å². The van der Waals surface area contributed by atoms with Crippen LogP contribution in [0.4, 0.5) is 0 Å². The first-order valence-electron chi connectivity index (χ1n) is 7.54. The van der Waals surface area contributed by atoms with Gasteiger partial charge in [0, 0.05) is 31.9 Å². The zero-order valence-electron chi connectivity index (χ0n) is 12.8. The number of rotatable bonds is 5. The summed E-state index contributed by atoms with van der Waals surface area (Å²) in [5.41, 5.74) is 4.17. The lowest BCUT2D eigenvalue weighted by molar-refractivity contribution is 0.00126. The molecule has 3 aromatic rings. The smallest absolute Gasteiger partial charge is 0.121 e. The highest BCUT2D eigenvalue weighted by Crippen LogP contribution is 2.24. The van der Waals surface area contributed by atoms with E-state index in [1.54, 1.807) is 22.2 Å². The van der Waals surface area contributed by atoms with Crippen LogP contribution >= 0.6 is 11.3 Å². The first kappa shape index (κ1) is 14.6. The molecule has 8 heteroatoms. The minimum atomic E-state index is 0.115. The summed E-state index contributed by atoms with van der Waals surface area (Å²) >= 11 is 1.72. The predicted octanol–water partition coefficient (Wildman–Crippen LogP) is 1.43. The Kier molecular flexibility index (Phi) is 3.94. The lowest BCUT2D eigenvalue weighted by Gasteiger charge is -2.24. The van der Waals surface area contributed by atoms with Crippen LogP contribution in [0.25, 0.3) is 11.3 Å². The quantitative estimate of drug-likeness (QED) is 0.766. The zero-order chi connectivity index (χ0) is 15.6. The Labute approximate surface area is 137 Å². The van der Waals surface area contributed by atoms with E-state index in [4.69, 9.17) is 4.74 Å². The van der Waals surface area contributed by atoms with Crippen LogP contribution < -0.4 is 5.32 Å². The van der Waals surface area contributed by atoms with E-state index in [-0.39, 0.29) is 6.10 Å². The lowest BCUT2D eigenvalue weighted by Crippen LogP contribution is -2.36. The fraction of sp³-hybridized carbons (Fsp3) is 0.400. The number of hydrogen-bond acceptors (Lipinski definition) is 6. The van der Waals surface area contributed by atoms with Gasteiger partial charge in [0.2, 0.25) is 0 Å². The van der Waals surface area contributed by atoms with Crippen LogP contribution in [0.1, 0.15) is 11.3 Å². The molecule has 3 aromatic heterocycles. The summed E-state index contributed by atoms with van der Waals surface area (Å²) in [4.78, 5) is 0. The van der Waals surface area contributed by atoms with Crippen LogP contribution in [-0.4, -0.2) is 37.4 Å². The van der Waals surface area contributed by atoms with Gasteiger partial charge < -0.3 is 10.1 Å². The fourth-order valence-electron chi connectivity index (χ4n) is 2.73. The molecule has 0 aromatic carbocycles. The van der Waals surface area contributed by atoms with Crippen molar-refractivity contribution in [3.63, 3.8) is 0 Å². The second-order valence-electron chi connectivity index (χ2n) is 5.67. The number of aryl methyl sites for hydroxylation is 1. The Hall–Kier alpha value is -2.03. The summed E-state index contributed by atoms with van der Waals surface area (Å²) in [6, 6.07) is 2.13. The van der Waals surface area contributed by atoms with Gasteiger partial charge in [0.05, 0.1) is 31.1 Å². The van der Waals surface area contributed by atoms with Crippen molar-refractivity contribution in [3.05, 3.63) is 40.5 Å². The van der Waals surface area contributed by atoms with Crippen molar-refractivity contribution in [2.45, 2.75) is 25.8 Å². The second-order valence-corrected chi connectivity index (χ2v) is 6.45. The Morgan fingerprint density at radius 2 is 2.43 bits per heavy atom. The van der Waals surface area contributed by atoms with E-state index in [1.165, 1.54) is 5.56 Å². The molecule has 120 valence electrons. The highest BCUT2D eigenvalue weighted by molar-refractivity contribution is 7.07. The largest absolute Gasteiger partial charge is 0.369 e. The van der Waals surface area contributed by atoms with Crippen molar-refractivity contribution in [3.8, 4) is 11.3 Å². The number of ether oxygens (including phenoxy) is 1. The molecule has 4 rings (SSSR count). The number of thiophene rings is 1. The van der Waals surface area contributed by atoms with Crippen LogP contribution in [0, 0.1) is 0 Å². The summed E-state index contributed by atoms with van der Waals surface area (Å²) in [7, 11) is 1.89. The standard InChI is InChI=1S/C15H18N6OS/c1-20-7-12(5-17-20)15-14-9-22-13(8-21(14)19-18-15)6-16-4-11-2-3-23-10-11/h2-3,5,7,10,13,16H,4,6,8-9H2,1H3/t13-/m1/s1. The summed E-state index contributed by atoms with van der Waals surface area (Å²) < 4.78 is 9.68. The molecule has 0 radical (unpaired) electrons. The molecule has 0 fully saturated rings. The molecule has 0 saturated heterocycles. The van der Waals surface area contributed by atoms with Crippen molar-refractivity contribution in [2.24, 2.45) is 7.05 Å². The van der Waals surface area contributed by atoms with E-state index in [2.05, 4.69) is 37.6 Å². The molecule has 0 amide bonds. The molecule has 0 unspecified atom stereocenters. The predicted molar refractivity (Wildman–Crippen MR) is 86.8 cm³/mol. The van der Waals surface area contributed by atoms with Gasteiger partial charge >= 0.3 is 0 Å². The van der Waals surface area contributed by atoms with Gasteiger partial charge in [0.15, 0.2) is 0 Å². The lowest BCUT2D eigenvalue weighted by atomic mass is 10.2. The van der Waals surface area contributed by atoms with Gasteiger partial charge in [-0.3, -0.25) is 4.68 Å². The maximum absolute atomic E-state index is 5.96. The Morgan fingerprint density at radius 3 is 3.22 bits per heavy atom. The molecule has 23 heavy (non-hydrogen) atoms. The highest BCUT2D eigenvalue weighted by atomic mass is 32.1. The fourth-order valence-corrected chi connectivity index (χ4v) is 3.40. The minimum absolute atomic E-state index is 0.115. The first-order valence-corrected chi connectivity index (χ1v) is 8.48. The molecule has 1 N–H and O–H groups in total. The van der Waals surface area contributed by atoms with Gasteiger partial charge in [-0.2, -0.15) is 16.4 Å². The molecular weight excluding hydrogens is 312 g/mol. The third kappa shape index (κ3) is 3.05. The van der Waals surface area contributed by atoms with Crippen LogP contribution in [0.3, 0.4) is 0 Å². The Morgan fingerprint density at radius 1 is 1.48 bits per heavy atom. The maximum Gasteiger partial charge on any atom is 0.121 e. The number of nitrogens with one attached hydrogen (secondary N) is 1. The van der Waals surface area contributed by atoms with E-state index >= 15 is 0 Å². The first-order chi connectivity index (χ1) is 11.3. The van der Waals surface area contributed by atoms with E-state index in [0.29, 0.717) is 6.61 Å². The van der Waals surface area contributed by atoms with Crippen LogP contribution in [0.5, 0.6) is 0 Å². The second kappa shape index (κ2) is 6.23. The molecule has 7 nitrogen and oxygen atoms in total. The third-order valence-electron chi connectivity index (χ3n) is 3.93. The van der Waals surface area contributed by atoms with E-state index in [9.17, 15) is 0 Å².